The second-order valence-corrected chi connectivity index (χ2v) is 6.13. The van der Waals surface area contributed by atoms with E-state index in [0.29, 0.717) is 5.15 Å². The van der Waals surface area contributed by atoms with Crippen molar-refractivity contribution in [1.82, 2.24) is 4.98 Å². The van der Waals surface area contributed by atoms with Crippen LogP contribution in [0.4, 0.5) is 0 Å². The Balaban J connectivity index is 1.64. The number of halogens is 1. The lowest BCUT2D eigenvalue weighted by atomic mass is 9.91. The number of nitrogens with zero attached hydrogens (tertiary/aromatic N) is 1. The molecule has 2 heteroatoms. The summed E-state index contributed by atoms with van der Waals surface area (Å²) in [5, 5.41) is 0.582. The summed E-state index contributed by atoms with van der Waals surface area (Å²) in [6.07, 6.45) is 8.27. The maximum Gasteiger partial charge on any atom is 0.129 e. The highest BCUT2D eigenvalue weighted by atomic mass is 35.5. The van der Waals surface area contributed by atoms with Gasteiger partial charge in [0.2, 0.25) is 0 Å². The van der Waals surface area contributed by atoms with Crippen LogP contribution in [-0.2, 0) is 6.42 Å². The summed E-state index contributed by atoms with van der Waals surface area (Å²) in [6.45, 7) is 0. The fourth-order valence-corrected chi connectivity index (χ4v) is 3.23. The number of allylic oxidation sites excluding steroid dienone is 2. The SMILES string of the molecule is Clc1cccc(C2=CCCC(Cc3ccccc3)CC2)n1. The van der Waals surface area contributed by atoms with Crippen molar-refractivity contribution in [2.75, 3.05) is 0 Å². The van der Waals surface area contributed by atoms with Crippen LogP contribution < -0.4 is 0 Å². The third kappa shape index (κ3) is 3.95. The molecular weight excluding hydrogens is 278 g/mol. The molecule has 0 fully saturated rings. The van der Waals surface area contributed by atoms with E-state index < -0.39 is 0 Å². The van der Waals surface area contributed by atoms with Crippen molar-refractivity contribution in [2.24, 2.45) is 5.92 Å². The Bertz CT molecular complexity index is 618. The molecule has 1 aliphatic rings. The summed E-state index contributed by atoms with van der Waals surface area (Å²) in [5.74, 6) is 0.764. The second-order valence-electron chi connectivity index (χ2n) is 5.75. The number of aromatic nitrogens is 1. The van der Waals surface area contributed by atoms with E-state index in [4.69, 9.17) is 11.6 Å². The summed E-state index contributed by atoms with van der Waals surface area (Å²) >= 11 is 6.00. The fourth-order valence-electron chi connectivity index (χ4n) is 3.07. The largest absolute Gasteiger partial charge is 0.236 e. The van der Waals surface area contributed by atoms with Crippen molar-refractivity contribution in [1.29, 1.82) is 0 Å². The second kappa shape index (κ2) is 6.91. The first-order valence-electron chi connectivity index (χ1n) is 7.67. The predicted octanol–water partition coefficient (Wildman–Crippen LogP) is 5.55. The molecule has 0 radical (unpaired) electrons. The Kier molecular flexibility index (Phi) is 4.72. The molecular formula is C19H20ClN. The van der Waals surface area contributed by atoms with Crippen LogP contribution in [0, 0.1) is 5.92 Å². The fraction of sp³-hybridized carbons (Fsp3) is 0.316. The minimum Gasteiger partial charge on any atom is -0.236 e. The number of hydrogen-bond acceptors (Lipinski definition) is 1. The Morgan fingerprint density at radius 1 is 1.00 bits per heavy atom. The Labute approximate surface area is 131 Å². The van der Waals surface area contributed by atoms with E-state index in [2.05, 4.69) is 47.5 Å². The lowest BCUT2D eigenvalue weighted by molar-refractivity contribution is 0.466. The van der Waals surface area contributed by atoms with Gasteiger partial charge in [-0.15, -0.1) is 0 Å². The third-order valence-corrected chi connectivity index (χ3v) is 4.41. The number of benzene rings is 1. The molecule has 0 bridgehead atoms. The molecule has 3 rings (SSSR count). The summed E-state index contributed by atoms with van der Waals surface area (Å²) in [4.78, 5) is 4.44. The zero-order valence-corrected chi connectivity index (χ0v) is 12.9. The van der Waals surface area contributed by atoms with Crippen LogP contribution >= 0.6 is 11.6 Å². The molecule has 2 aromatic rings. The first-order chi connectivity index (χ1) is 10.3. The van der Waals surface area contributed by atoms with E-state index >= 15 is 0 Å². The van der Waals surface area contributed by atoms with Crippen molar-refractivity contribution >= 4 is 17.2 Å². The maximum atomic E-state index is 6.00. The first-order valence-corrected chi connectivity index (χ1v) is 8.05. The van der Waals surface area contributed by atoms with Crippen LogP contribution in [0.25, 0.3) is 5.57 Å². The van der Waals surface area contributed by atoms with Gasteiger partial charge < -0.3 is 0 Å². The average molecular weight is 298 g/mol. The monoisotopic (exact) mass is 297 g/mol. The van der Waals surface area contributed by atoms with Gasteiger partial charge in [-0.05, 0) is 61.3 Å². The summed E-state index contributed by atoms with van der Waals surface area (Å²) in [5.41, 5.74) is 3.85. The first kappa shape index (κ1) is 14.3. The summed E-state index contributed by atoms with van der Waals surface area (Å²) in [7, 11) is 0. The van der Waals surface area contributed by atoms with Gasteiger partial charge in [0.25, 0.3) is 0 Å². The van der Waals surface area contributed by atoms with E-state index in [9.17, 15) is 0 Å². The zero-order valence-electron chi connectivity index (χ0n) is 12.1. The molecule has 1 nitrogen and oxygen atoms in total. The molecule has 0 saturated heterocycles. The lowest BCUT2D eigenvalue weighted by Gasteiger charge is -2.14. The Morgan fingerprint density at radius 2 is 1.86 bits per heavy atom. The van der Waals surface area contributed by atoms with Gasteiger partial charge in [0, 0.05) is 0 Å². The Hall–Kier alpha value is -1.60. The quantitative estimate of drug-likeness (QED) is 0.677. The van der Waals surface area contributed by atoms with Gasteiger partial charge in [-0.1, -0.05) is 54.1 Å². The number of rotatable bonds is 3. The minimum atomic E-state index is 0.582. The van der Waals surface area contributed by atoms with Gasteiger partial charge in [-0.3, -0.25) is 0 Å². The van der Waals surface area contributed by atoms with E-state index in [0.717, 1.165) is 24.5 Å². The average Bonchev–Trinajstić information content (AvgIpc) is 2.74. The van der Waals surface area contributed by atoms with Crippen LogP contribution in [-0.4, -0.2) is 4.98 Å². The molecule has 0 amide bonds. The van der Waals surface area contributed by atoms with E-state index in [1.165, 1.54) is 30.4 Å². The summed E-state index contributed by atoms with van der Waals surface area (Å²) in [6, 6.07) is 16.7. The molecule has 0 N–H and O–H groups in total. The summed E-state index contributed by atoms with van der Waals surface area (Å²) < 4.78 is 0. The maximum absolute atomic E-state index is 6.00. The van der Waals surface area contributed by atoms with Crippen molar-refractivity contribution in [3.63, 3.8) is 0 Å². The van der Waals surface area contributed by atoms with Gasteiger partial charge in [0.1, 0.15) is 5.15 Å². The number of hydrogen-bond donors (Lipinski definition) is 0. The van der Waals surface area contributed by atoms with Crippen molar-refractivity contribution in [2.45, 2.75) is 32.1 Å². The molecule has 0 spiro atoms. The molecule has 21 heavy (non-hydrogen) atoms. The predicted molar refractivity (Wildman–Crippen MR) is 89.3 cm³/mol. The zero-order chi connectivity index (χ0) is 14.5. The third-order valence-electron chi connectivity index (χ3n) is 4.20. The molecule has 1 aliphatic carbocycles. The molecule has 0 saturated carbocycles. The van der Waals surface area contributed by atoms with Gasteiger partial charge in [0.05, 0.1) is 5.69 Å². The van der Waals surface area contributed by atoms with Gasteiger partial charge in [-0.2, -0.15) is 0 Å². The molecule has 1 aromatic heterocycles. The van der Waals surface area contributed by atoms with Crippen molar-refractivity contribution < 1.29 is 0 Å². The van der Waals surface area contributed by atoms with Crippen LogP contribution in [0.3, 0.4) is 0 Å². The molecule has 1 unspecified atom stereocenters. The number of pyridine rings is 1. The highest BCUT2D eigenvalue weighted by Crippen LogP contribution is 2.30. The highest BCUT2D eigenvalue weighted by molar-refractivity contribution is 6.29. The molecule has 1 aromatic carbocycles. The standard InChI is InChI=1S/C19H20ClN/c20-19-11-5-10-18(21-19)17-9-4-8-16(12-13-17)14-15-6-2-1-3-7-15/h1-3,5-7,9-11,16H,4,8,12-14H2. The highest BCUT2D eigenvalue weighted by Gasteiger charge is 2.15. The van der Waals surface area contributed by atoms with Crippen LogP contribution in [0.15, 0.2) is 54.6 Å². The van der Waals surface area contributed by atoms with E-state index in [1.54, 1.807) is 0 Å². The van der Waals surface area contributed by atoms with Crippen LogP contribution in [0.1, 0.15) is 36.9 Å². The Morgan fingerprint density at radius 3 is 2.67 bits per heavy atom. The van der Waals surface area contributed by atoms with Gasteiger partial charge >= 0.3 is 0 Å². The van der Waals surface area contributed by atoms with Crippen LogP contribution in [0.5, 0.6) is 0 Å². The smallest absolute Gasteiger partial charge is 0.129 e. The molecule has 108 valence electrons. The lowest BCUT2D eigenvalue weighted by Crippen LogP contribution is -2.03. The molecule has 0 aliphatic heterocycles. The van der Waals surface area contributed by atoms with E-state index in [1.807, 2.05) is 12.1 Å². The van der Waals surface area contributed by atoms with Crippen molar-refractivity contribution in [3.8, 4) is 0 Å². The van der Waals surface area contributed by atoms with Gasteiger partial charge in [-0.25, -0.2) is 4.98 Å². The molecule has 1 atom stereocenters. The normalized spacial score (nSPS) is 18.9. The minimum absolute atomic E-state index is 0.582. The van der Waals surface area contributed by atoms with Crippen molar-refractivity contribution in [3.05, 3.63) is 71.0 Å². The van der Waals surface area contributed by atoms with Crippen LogP contribution in [0.2, 0.25) is 5.15 Å². The van der Waals surface area contributed by atoms with E-state index in [-0.39, 0.29) is 0 Å². The molecule has 1 heterocycles. The topological polar surface area (TPSA) is 12.9 Å². The van der Waals surface area contributed by atoms with Gasteiger partial charge in [0.15, 0.2) is 0 Å².